The quantitative estimate of drug-likeness (QED) is 0.329. The molecule has 0 atom stereocenters. The number of rotatable bonds is 7. The molecule has 0 bridgehead atoms. The topological polar surface area (TPSA) is 44.7 Å². The van der Waals surface area contributed by atoms with Crippen LogP contribution in [0.5, 0.6) is 17.2 Å². The van der Waals surface area contributed by atoms with Crippen molar-refractivity contribution >= 4 is 16.5 Å². The number of likely N-dealkylation sites (tertiary alicyclic amines) is 1. The van der Waals surface area contributed by atoms with E-state index >= 15 is 0 Å². The predicted octanol–water partition coefficient (Wildman–Crippen LogP) is 6.90. The first-order valence-corrected chi connectivity index (χ1v) is 11.8. The van der Waals surface area contributed by atoms with E-state index in [0.717, 1.165) is 52.2 Å². The Labute approximate surface area is 195 Å². The molecule has 168 valence electrons. The number of hydrogen-bond acceptors (Lipinski definition) is 4. The Hall–Kier alpha value is -3.50. The second-order valence-electron chi connectivity index (χ2n) is 8.67. The lowest BCUT2D eigenvalue weighted by atomic mass is 9.99. The average Bonchev–Trinajstić information content (AvgIpc) is 2.87. The fourth-order valence-electron chi connectivity index (χ4n) is 4.52. The molecule has 0 radical (unpaired) electrons. The molecule has 0 spiro atoms. The maximum Gasteiger partial charge on any atom is 0.143 e. The highest BCUT2D eigenvalue weighted by Crippen LogP contribution is 2.40. The van der Waals surface area contributed by atoms with E-state index < -0.39 is 0 Å². The number of anilines is 1. The van der Waals surface area contributed by atoms with Gasteiger partial charge >= 0.3 is 0 Å². The van der Waals surface area contributed by atoms with Gasteiger partial charge in [-0.3, -0.25) is 0 Å². The van der Waals surface area contributed by atoms with Crippen LogP contribution >= 0.6 is 0 Å². The molecule has 4 nitrogen and oxygen atoms in total. The number of ether oxygens (including phenoxy) is 1. The standard InChI is InChI=1S/C29H30N2O2/c32-25-13-8-23(9-14-25)28-17-10-22-6-2-3-7-27(22)29(28)33-26-15-11-24(12-16-26)30-18-21-31-19-4-1-5-20-31/h2-3,6-17,30,32H,1,4-5,18-21H2. The molecule has 0 amide bonds. The zero-order valence-electron chi connectivity index (χ0n) is 18.8. The molecule has 1 heterocycles. The van der Waals surface area contributed by atoms with E-state index in [-0.39, 0.29) is 5.75 Å². The van der Waals surface area contributed by atoms with E-state index in [9.17, 15) is 5.11 Å². The Kier molecular flexibility index (Phi) is 6.45. The highest BCUT2D eigenvalue weighted by molar-refractivity contribution is 5.95. The van der Waals surface area contributed by atoms with Crippen molar-refractivity contribution in [2.24, 2.45) is 0 Å². The van der Waals surface area contributed by atoms with E-state index in [0.29, 0.717) is 0 Å². The van der Waals surface area contributed by atoms with Gasteiger partial charge < -0.3 is 20.1 Å². The number of nitrogens with zero attached hydrogens (tertiary/aromatic N) is 1. The summed E-state index contributed by atoms with van der Waals surface area (Å²) < 4.78 is 6.46. The van der Waals surface area contributed by atoms with E-state index in [1.165, 1.54) is 32.4 Å². The van der Waals surface area contributed by atoms with E-state index in [2.05, 4.69) is 46.6 Å². The molecular weight excluding hydrogens is 408 g/mol. The average molecular weight is 439 g/mol. The maximum atomic E-state index is 9.70. The van der Waals surface area contributed by atoms with Crippen molar-refractivity contribution in [1.82, 2.24) is 4.90 Å². The summed E-state index contributed by atoms with van der Waals surface area (Å²) in [5.74, 6) is 1.88. The number of benzene rings is 4. The lowest BCUT2D eigenvalue weighted by molar-refractivity contribution is 0.237. The predicted molar refractivity (Wildman–Crippen MR) is 136 cm³/mol. The summed E-state index contributed by atoms with van der Waals surface area (Å²) in [6.07, 6.45) is 4.02. The summed E-state index contributed by atoms with van der Waals surface area (Å²) in [5, 5.41) is 15.4. The third-order valence-electron chi connectivity index (χ3n) is 6.34. The molecule has 4 heteroatoms. The minimum absolute atomic E-state index is 0.255. The fourth-order valence-corrected chi connectivity index (χ4v) is 4.52. The third-order valence-corrected chi connectivity index (χ3v) is 6.34. The number of fused-ring (bicyclic) bond motifs is 1. The van der Waals surface area contributed by atoms with Crippen LogP contribution in [0.25, 0.3) is 21.9 Å². The molecule has 0 aliphatic carbocycles. The molecule has 1 saturated heterocycles. The number of aromatic hydroxyl groups is 1. The van der Waals surface area contributed by atoms with Crippen molar-refractivity contribution < 1.29 is 9.84 Å². The van der Waals surface area contributed by atoms with Gasteiger partial charge in [0.25, 0.3) is 0 Å². The Morgan fingerprint density at radius 2 is 1.55 bits per heavy atom. The molecule has 1 aliphatic rings. The van der Waals surface area contributed by atoms with Crippen molar-refractivity contribution in [3.8, 4) is 28.4 Å². The van der Waals surface area contributed by atoms with Crippen LogP contribution in [-0.2, 0) is 0 Å². The SMILES string of the molecule is Oc1ccc(-c2ccc3ccccc3c2Oc2ccc(NCCN3CCCCC3)cc2)cc1. The Morgan fingerprint density at radius 3 is 2.33 bits per heavy atom. The molecule has 0 unspecified atom stereocenters. The number of hydrogen-bond donors (Lipinski definition) is 2. The molecule has 5 rings (SSSR count). The molecule has 0 saturated carbocycles. The van der Waals surface area contributed by atoms with Gasteiger partial charge in [-0.25, -0.2) is 0 Å². The van der Waals surface area contributed by atoms with E-state index in [1.54, 1.807) is 12.1 Å². The minimum Gasteiger partial charge on any atom is -0.508 e. The van der Waals surface area contributed by atoms with Crippen molar-refractivity contribution in [3.05, 3.63) is 84.9 Å². The molecule has 33 heavy (non-hydrogen) atoms. The van der Waals surface area contributed by atoms with Crippen LogP contribution < -0.4 is 10.1 Å². The Bertz CT molecular complexity index is 1200. The van der Waals surface area contributed by atoms with Gasteiger partial charge in [-0.2, -0.15) is 0 Å². The van der Waals surface area contributed by atoms with Crippen LogP contribution in [0.3, 0.4) is 0 Å². The van der Waals surface area contributed by atoms with Crippen LogP contribution in [0.2, 0.25) is 0 Å². The van der Waals surface area contributed by atoms with E-state index in [4.69, 9.17) is 4.74 Å². The van der Waals surface area contributed by atoms with Crippen LogP contribution in [0.1, 0.15) is 19.3 Å². The summed E-state index contributed by atoms with van der Waals surface area (Å²) in [6, 6.07) is 27.9. The van der Waals surface area contributed by atoms with Gasteiger partial charge in [-0.05, 0) is 79.3 Å². The normalized spacial score (nSPS) is 14.3. The smallest absolute Gasteiger partial charge is 0.143 e. The molecule has 1 fully saturated rings. The second kappa shape index (κ2) is 9.97. The van der Waals surface area contributed by atoms with Gasteiger partial charge in [0.1, 0.15) is 17.2 Å². The maximum absolute atomic E-state index is 9.70. The number of nitrogens with one attached hydrogen (secondary N) is 1. The molecule has 4 aromatic carbocycles. The molecule has 1 aliphatic heterocycles. The second-order valence-corrected chi connectivity index (χ2v) is 8.67. The van der Waals surface area contributed by atoms with E-state index in [1.807, 2.05) is 36.4 Å². The largest absolute Gasteiger partial charge is 0.508 e. The van der Waals surface area contributed by atoms with Crippen LogP contribution in [0.15, 0.2) is 84.9 Å². The molecule has 0 aromatic heterocycles. The monoisotopic (exact) mass is 438 g/mol. The molecule has 2 N–H and O–H groups in total. The number of phenols is 1. The number of phenolic OH excluding ortho intramolecular Hbond substituents is 1. The first kappa shape index (κ1) is 21.4. The van der Waals surface area contributed by atoms with Crippen LogP contribution in [0.4, 0.5) is 5.69 Å². The van der Waals surface area contributed by atoms with Crippen molar-refractivity contribution in [1.29, 1.82) is 0 Å². The first-order valence-electron chi connectivity index (χ1n) is 11.8. The summed E-state index contributed by atoms with van der Waals surface area (Å²) >= 11 is 0. The summed E-state index contributed by atoms with van der Waals surface area (Å²) in [6.45, 7) is 4.49. The summed E-state index contributed by atoms with van der Waals surface area (Å²) in [7, 11) is 0. The van der Waals surface area contributed by atoms with Gasteiger partial charge in [0.15, 0.2) is 0 Å². The third kappa shape index (κ3) is 5.12. The zero-order valence-corrected chi connectivity index (χ0v) is 18.8. The van der Waals surface area contributed by atoms with Crippen molar-refractivity contribution in [3.63, 3.8) is 0 Å². The van der Waals surface area contributed by atoms with Gasteiger partial charge in [-0.1, -0.05) is 48.9 Å². The molecule has 4 aromatic rings. The highest BCUT2D eigenvalue weighted by atomic mass is 16.5. The summed E-state index contributed by atoms with van der Waals surface area (Å²) in [5.41, 5.74) is 3.11. The van der Waals surface area contributed by atoms with Crippen molar-refractivity contribution in [2.45, 2.75) is 19.3 Å². The fraction of sp³-hybridized carbons (Fsp3) is 0.241. The number of piperidine rings is 1. The van der Waals surface area contributed by atoms with Gasteiger partial charge in [0.2, 0.25) is 0 Å². The lowest BCUT2D eigenvalue weighted by Gasteiger charge is -2.26. The van der Waals surface area contributed by atoms with Gasteiger partial charge in [0.05, 0.1) is 0 Å². The Balaban J connectivity index is 1.34. The first-order chi connectivity index (χ1) is 16.3. The molecular formula is C29H30N2O2. The van der Waals surface area contributed by atoms with Gasteiger partial charge in [0, 0.05) is 29.7 Å². The lowest BCUT2D eigenvalue weighted by Crippen LogP contribution is -2.33. The highest BCUT2D eigenvalue weighted by Gasteiger charge is 2.13. The van der Waals surface area contributed by atoms with Crippen LogP contribution in [-0.4, -0.2) is 36.2 Å². The zero-order chi connectivity index (χ0) is 22.5. The van der Waals surface area contributed by atoms with Gasteiger partial charge in [-0.15, -0.1) is 0 Å². The minimum atomic E-state index is 0.255. The summed E-state index contributed by atoms with van der Waals surface area (Å²) in [4.78, 5) is 2.54. The van der Waals surface area contributed by atoms with Crippen LogP contribution in [0, 0.1) is 0 Å². The Morgan fingerprint density at radius 1 is 0.788 bits per heavy atom. The van der Waals surface area contributed by atoms with Crippen molar-refractivity contribution in [2.75, 3.05) is 31.5 Å².